The van der Waals surface area contributed by atoms with E-state index in [9.17, 15) is 9.18 Å². The Bertz CT molecular complexity index is 661. The number of hydrogen-bond donors (Lipinski definition) is 2. The van der Waals surface area contributed by atoms with Crippen molar-refractivity contribution in [3.8, 4) is 11.5 Å². The summed E-state index contributed by atoms with van der Waals surface area (Å²) in [6.45, 7) is 3.56. The van der Waals surface area contributed by atoms with Gasteiger partial charge in [0.15, 0.2) is 5.75 Å². The van der Waals surface area contributed by atoms with E-state index in [0.717, 1.165) is 11.1 Å². The molecule has 0 aliphatic rings. The lowest BCUT2D eigenvalue weighted by Crippen LogP contribution is -2.11. The van der Waals surface area contributed by atoms with E-state index in [1.54, 1.807) is 26.0 Å². The molecule has 0 spiro atoms. The lowest BCUT2D eigenvalue weighted by atomic mass is 10.1. The van der Waals surface area contributed by atoms with Gasteiger partial charge in [-0.05, 0) is 49.2 Å². The second-order valence-corrected chi connectivity index (χ2v) is 4.59. The Morgan fingerprint density at radius 3 is 2.30 bits per heavy atom. The van der Waals surface area contributed by atoms with Crippen molar-refractivity contribution in [3.05, 3.63) is 52.8 Å². The van der Waals surface area contributed by atoms with Crippen molar-refractivity contribution in [2.45, 2.75) is 13.8 Å². The van der Waals surface area contributed by atoms with Crippen molar-refractivity contribution in [3.63, 3.8) is 0 Å². The Morgan fingerprint density at radius 1 is 1.15 bits per heavy atom. The predicted octanol–water partition coefficient (Wildman–Crippen LogP) is 2.92. The average Bonchev–Trinajstić information content (AvgIpc) is 2.37. The van der Waals surface area contributed by atoms with Crippen LogP contribution in [-0.4, -0.2) is 5.91 Å². The van der Waals surface area contributed by atoms with Crippen LogP contribution in [0.5, 0.6) is 11.5 Å². The van der Waals surface area contributed by atoms with Gasteiger partial charge >= 0.3 is 0 Å². The summed E-state index contributed by atoms with van der Waals surface area (Å²) in [5.41, 5.74) is 13.2. The third-order valence-corrected chi connectivity index (χ3v) is 2.93. The van der Waals surface area contributed by atoms with Crippen LogP contribution in [0.4, 0.5) is 10.1 Å². The topological polar surface area (TPSA) is 78.3 Å². The number of anilines is 1. The van der Waals surface area contributed by atoms with Crippen LogP contribution < -0.4 is 16.2 Å². The van der Waals surface area contributed by atoms with Crippen LogP contribution in [0.1, 0.15) is 21.5 Å². The van der Waals surface area contributed by atoms with Gasteiger partial charge in [0.1, 0.15) is 11.6 Å². The van der Waals surface area contributed by atoms with Gasteiger partial charge in [-0.3, -0.25) is 4.79 Å². The Balaban J connectivity index is 2.44. The Morgan fingerprint density at radius 2 is 1.75 bits per heavy atom. The maximum absolute atomic E-state index is 13.2. The predicted molar refractivity (Wildman–Crippen MR) is 75.3 cm³/mol. The Labute approximate surface area is 116 Å². The number of halogens is 1. The smallest absolute Gasteiger partial charge is 0.248 e. The first-order valence-corrected chi connectivity index (χ1v) is 6.02. The number of aryl methyl sites for hydroxylation is 2. The van der Waals surface area contributed by atoms with Gasteiger partial charge in [0, 0.05) is 11.6 Å². The number of rotatable bonds is 3. The number of nitrogens with two attached hydrogens (primary N) is 2. The van der Waals surface area contributed by atoms with E-state index in [4.69, 9.17) is 16.2 Å². The Kier molecular flexibility index (Phi) is 3.61. The van der Waals surface area contributed by atoms with Gasteiger partial charge in [-0.2, -0.15) is 0 Å². The van der Waals surface area contributed by atoms with Gasteiger partial charge in [-0.1, -0.05) is 0 Å². The quantitative estimate of drug-likeness (QED) is 0.845. The summed E-state index contributed by atoms with van der Waals surface area (Å²) in [5, 5.41) is 0. The second kappa shape index (κ2) is 5.21. The van der Waals surface area contributed by atoms with E-state index in [-0.39, 0.29) is 5.75 Å². The number of hydrogen-bond acceptors (Lipinski definition) is 3. The third kappa shape index (κ3) is 2.71. The van der Waals surface area contributed by atoms with Crippen LogP contribution in [-0.2, 0) is 0 Å². The van der Waals surface area contributed by atoms with E-state index in [2.05, 4.69) is 0 Å². The average molecular weight is 274 g/mol. The van der Waals surface area contributed by atoms with Crippen molar-refractivity contribution in [2.24, 2.45) is 5.73 Å². The van der Waals surface area contributed by atoms with Crippen LogP contribution in [0.3, 0.4) is 0 Å². The van der Waals surface area contributed by atoms with Crippen LogP contribution in [0.2, 0.25) is 0 Å². The maximum atomic E-state index is 13.2. The highest BCUT2D eigenvalue weighted by atomic mass is 19.1. The fourth-order valence-corrected chi connectivity index (χ4v) is 1.96. The fourth-order valence-electron chi connectivity index (χ4n) is 1.96. The van der Waals surface area contributed by atoms with Gasteiger partial charge < -0.3 is 16.2 Å². The normalized spacial score (nSPS) is 10.3. The molecule has 0 fully saturated rings. The van der Waals surface area contributed by atoms with E-state index in [1.807, 2.05) is 0 Å². The number of benzene rings is 2. The molecule has 0 heterocycles. The van der Waals surface area contributed by atoms with Crippen molar-refractivity contribution in [1.82, 2.24) is 0 Å². The minimum absolute atomic E-state index is 0.239. The molecule has 0 aromatic heterocycles. The first-order valence-electron chi connectivity index (χ1n) is 6.02. The summed E-state index contributed by atoms with van der Waals surface area (Å²) in [6, 6.07) is 7.17. The van der Waals surface area contributed by atoms with Crippen molar-refractivity contribution < 1.29 is 13.9 Å². The highest BCUT2D eigenvalue weighted by molar-refractivity contribution is 5.93. The number of ether oxygens (including phenoxy) is 1. The minimum Gasteiger partial charge on any atom is -0.455 e. The molecule has 20 heavy (non-hydrogen) atoms. The molecule has 0 aliphatic heterocycles. The summed E-state index contributed by atoms with van der Waals surface area (Å²) in [7, 11) is 0. The van der Waals surface area contributed by atoms with Crippen LogP contribution in [0.25, 0.3) is 0 Å². The third-order valence-electron chi connectivity index (χ3n) is 2.93. The SMILES string of the molecule is Cc1cc(C(N)=O)cc(C)c1Oc1cc(F)ccc1N. The van der Waals surface area contributed by atoms with Crippen LogP contribution in [0, 0.1) is 19.7 Å². The van der Waals surface area contributed by atoms with E-state index in [0.29, 0.717) is 17.0 Å². The van der Waals surface area contributed by atoms with E-state index < -0.39 is 11.7 Å². The van der Waals surface area contributed by atoms with Crippen molar-refractivity contribution in [2.75, 3.05) is 5.73 Å². The van der Waals surface area contributed by atoms with Crippen LogP contribution >= 0.6 is 0 Å². The summed E-state index contributed by atoms with van der Waals surface area (Å²) in [5.74, 6) is -0.165. The molecule has 4 N–H and O–H groups in total. The molecule has 2 aromatic carbocycles. The number of carbonyl (C=O) groups excluding carboxylic acids is 1. The molecule has 1 amide bonds. The highest BCUT2D eigenvalue weighted by Crippen LogP contribution is 2.33. The lowest BCUT2D eigenvalue weighted by Gasteiger charge is -2.14. The van der Waals surface area contributed by atoms with Crippen molar-refractivity contribution >= 4 is 11.6 Å². The van der Waals surface area contributed by atoms with Gasteiger partial charge in [0.2, 0.25) is 5.91 Å². The molecule has 104 valence electrons. The van der Waals surface area contributed by atoms with Gasteiger partial charge in [0.25, 0.3) is 0 Å². The molecule has 2 aromatic rings. The standard InChI is InChI=1S/C15H15FN2O2/c1-8-5-10(15(18)19)6-9(2)14(8)20-13-7-11(16)3-4-12(13)17/h3-7H,17H2,1-2H3,(H2,18,19). The largest absolute Gasteiger partial charge is 0.455 e. The Hall–Kier alpha value is -2.56. The maximum Gasteiger partial charge on any atom is 0.248 e. The first-order chi connectivity index (χ1) is 9.38. The molecule has 0 atom stereocenters. The molecule has 4 nitrogen and oxygen atoms in total. The first kappa shape index (κ1) is 13.9. The van der Waals surface area contributed by atoms with Gasteiger partial charge in [-0.25, -0.2) is 4.39 Å². The highest BCUT2D eigenvalue weighted by Gasteiger charge is 2.12. The minimum atomic E-state index is -0.506. The fraction of sp³-hybridized carbons (Fsp3) is 0.133. The summed E-state index contributed by atoms with van der Waals surface area (Å²) in [4.78, 5) is 11.2. The number of amides is 1. The molecule has 0 radical (unpaired) electrons. The molecule has 0 bridgehead atoms. The van der Waals surface area contributed by atoms with Gasteiger partial charge in [0.05, 0.1) is 5.69 Å². The van der Waals surface area contributed by atoms with Crippen LogP contribution in [0.15, 0.2) is 30.3 Å². The summed E-state index contributed by atoms with van der Waals surface area (Å²) in [6.07, 6.45) is 0. The molecular weight excluding hydrogens is 259 g/mol. The monoisotopic (exact) mass is 274 g/mol. The molecule has 5 heteroatoms. The zero-order valence-corrected chi connectivity index (χ0v) is 11.2. The molecule has 0 unspecified atom stereocenters. The van der Waals surface area contributed by atoms with Crippen molar-refractivity contribution in [1.29, 1.82) is 0 Å². The van der Waals surface area contributed by atoms with Gasteiger partial charge in [-0.15, -0.1) is 0 Å². The number of nitrogen functional groups attached to an aromatic ring is 1. The summed E-state index contributed by atoms with van der Waals surface area (Å²) < 4.78 is 18.9. The molecular formula is C15H15FN2O2. The number of carbonyl (C=O) groups is 1. The zero-order valence-electron chi connectivity index (χ0n) is 11.2. The van der Waals surface area contributed by atoms with E-state index in [1.165, 1.54) is 18.2 Å². The summed E-state index contributed by atoms with van der Waals surface area (Å²) >= 11 is 0. The molecule has 0 saturated heterocycles. The lowest BCUT2D eigenvalue weighted by molar-refractivity contribution is 0.1000. The second-order valence-electron chi connectivity index (χ2n) is 4.59. The zero-order chi connectivity index (χ0) is 14.9. The number of primary amides is 1. The molecule has 0 aliphatic carbocycles. The molecule has 0 saturated carbocycles. The molecule has 2 rings (SSSR count). The van der Waals surface area contributed by atoms with E-state index >= 15 is 0 Å².